The largest absolute Gasteiger partial charge is 0.481 e. The van der Waals surface area contributed by atoms with E-state index in [-0.39, 0.29) is 0 Å². The van der Waals surface area contributed by atoms with E-state index in [4.69, 9.17) is 14.7 Å². The lowest BCUT2D eigenvalue weighted by Gasteiger charge is -2.42. The van der Waals surface area contributed by atoms with Crippen LogP contribution in [0, 0.1) is 6.92 Å². The van der Waals surface area contributed by atoms with Crippen LogP contribution in [0.2, 0.25) is 0 Å². The zero-order valence-electron chi connectivity index (χ0n) is 21.8. The second-order valence-electron chi connectivity index (χ2n) is 10.1. The van der Waals surface area contributed by atoms with Crippen LogP contribution in [0.5, 0.6) is 5.88 Å². The number of H-pyrrole nitrogens is 1. The highest BCUT2D eigenvalue weighted by atomic mass is 16.5. The van der Waals surface area contributed by atoms with Crippen LogP contribution in [0.1, 0.15) is 18.5 Å². The molecule has 4 aromatic heterocycles. The van der Waals surface area contributed by atoms with Crippen molar-refractivity contribution in [2.45, 2.75) is 25.8 Å². The smallest absolute Gasteiger partial charge is 0.219 e. The lowest BCUT2D eigenvalue weighted by molar-refractivity contribution is 0.0982. The number of pyridine rings is 3. The van der Waals surface area contributed by atoms with Crippen molar-refractivity contribution in [3.8, 4) is 28.5 Å². The topological polar surface area (TPSA) is 86.3 Å². The van der Waals surface area contributed by atoms with Gasteiger partial charge in [0.25, 0.3) is 0 Å². The van der Waals surface area contributed by atoms with Crippen LogP contribution in [-0.2, 0) is 0 Å². The summed E-state index contributed by atoms with van der Waals surface area (Å²) in [4.78, 5) is 22.0. The lowest BCUT2D eigenvalue weighted by Crippen LogP contribution is -2.52. The van der Waals surface area contributed by atoms with Gasteiger partial charge in [-0.25, -0.2) is 10.1 Å². The Balaban J connectivity index is 1.26. The Morgan fingerprint density at radius 1 is 0.919 bits per heavy atom. The maximum absolute atomic E-state index is 5.61. The quantitative estimate of drug-likeness (QED) is 0.447. The van der Waals surface area contributed by atoms with E-state index in [2.05, 4.69) is 43.0 Å². The third-order valence-corrected chi connectivity index (χ3v) is 7.73. The molecule has 2 saturated heterocycles. The van der Waals surface area contributed by atoms with E-state index in [0.717, 1.165) is 58.1 Å². The highest BCUT2D eigenvalue weighted by molar-refractivity contribution is 5.86. The van der Waals surface area contributed by atoms with Gasteiger partial charge in [0.1, 0.15) is 5.69 Å². The molecule has 0 radical (unpaired) electrons. The van der Waals surface area contributed by atoms with E-state index >= 15 is 0 Å². The fourth-order valence-corrected chi connectivity index (χ4v) is 5.56. The minimum absolute atomic E-state index is 0.570. The third-order valence-electron chi connectivity index (χ3n) is 7.73. The fraction of sp³-hybridized carbons (Fsp3) is 0.429. The van der Waals surface area contributed by atoms with Crippen LogP contribution in [0.4, 0.5) is 5.69 Å². The lowest BCUT2D eigenvalue weighted by atomic mass is 10.0. The number of aryl methyl sites for hydroxylation is 1. The molecule has 0 saturated carbocycles. The number of nitrogens with zero attached hydrogens (tertiary/aromatic N) is 7. The minimum atomic E-state index is 0.570. The van der Waals surface area contributed by atoms with E-state index in [1.807, 2.05) is 43.5 Å². The number of anilines is 1. The summed E-state index contributed by atoms with van der Waals surface area (Å²) in [6.45, 7) is 8.78. The summed E-state index contributed by atoms with van der Waals surface area (Å²) in [5.74, 6) is 0.570. The second-order valence-corrected chi connectivity index (χ2v) is 10.1. The molecule has 6 heterocycles. The standard InChI is InChI=1S/C28H34N8O/c1-19-5-4-6-24(30-19)27-26(28(37-3)33-32-27)23-8-7-22-25(31-23)17-21(18-29-22)35-11-9-20(10-12-35)36-15-13-34(2)14-16-36/h4-8,17-18,20H,9-16H2,1-3H3,(H,32,33). The predicted molar refractivity (Wildman–Crippen MR) is 146 cm³/mol. The van der Waals surface area contributed by atoms with Crippen molar-refractivity contribution in [3.05, 3.63) is 48.3 Å². The molecule has 0 aliphatic carbocycles. The fourth-order valence-electron chi connectivity index (χ4n) is 5.56. The van der Waals surface area contributed by atoms with Gasteiger partial charge < -0.3 is 14.5 Å². The normalized spacial score (nSPS) is 18.0. The molecule has 0 spiro atoms. The van der Waals surface area contributed by atoms with Crippen molar-refractivity contribution in [2.75, 3.05) is 58.3 Å². The SMILES string of the molecule is COc1[nH]nc(-c2cccc(C)n2)c1-c1ccc2ncc(N3CCC(N4CCN(C)CC4)CC3)cc2n1. The Morgan fingerprint density at radius 2 is 1.73 bits per heavy atom. The average molecular weight is 499 g/mol. The summed E-state index contributed by atoms with van der Waals surface area (Å²) in [5.41, 5.74) is 6.90. The highest BCUT2D eigenvalue weighted by Crippen LogP contribution is 2.36. The Kier molecular flexibility index (Phi) is 6.48. The van der Waals surface area contributed by atoms with Gasteiger partial charge in [-0.1, -0.05) is 6.07 Å². The molecule has 9 heteroatoms. The van der Waals surface area contributed by atoms with Gasteiger partial charge in [-0.15, -0.1) is 0 Å². The molecule has 2 aliphatic rings. The van der Waals surface area contributed by atoms with Crippen LogP contribution in [0.15, 0.2) is 42.6 Å². The molecular formula is C28H34N8O. The van der Waals surface area contributed by atoms with Crippen LogP contribution in [0.25, 0.3) is 33.7 Å². The summed E-state index contributed by atoms with van der Waals surface area (Å²) in [5, 5.41) is 7.51. The molecule has 4 aromatic rings. The minimum Gasteiger partial charge on any atom is -0.481 e. The van der Waals surface area contributed by atoms with Gasteiger partial charge >= 0.3 is 0 Å². The second kappa shape index (κ2) is 10.1. The van der Waals surface area contributed by atoms with Gasteiger partial charge in [-0.3, -0.25) is 14.9 Å². The van der Waals surface area contributed by atoms with Crippen LogP contribution in [0.3, 0.4) is 0 Å². The van der Waals surface area contributed by atoms with E-state index in [1.54, 1.807) is 7.11 Å². The number of hydrogen-bond acceptors (Lipinski definition) is 8. The summed E-state index contributed by atoms with van der Waals surface area (Å²) >= 11 is 0. The molecule has 0 amide bonds. The number of ether oxygens (including phenoxy) is 1. The number of piperidine rings is 1. The number of fused-ring (bicyclic) bond motifs is 1. The van der Waals surface area contributed by atoms with Crippen LogP contribution in [-0.4, -0.2) is 94.4 Å². The van der Waals surface area contributed by atoms with Crippen molar-refractivity contribution in [2.24, 2.45) is 0 Å². The molecule has 2 aliphatic heterocycles. The first-order chi connectivity index (χ1) is 18.1. The van der Waals surface area contributed by atoms with Gasteiger partial charge in [-0.05, 0) is 57.1 Å². The number of likely N-dealkylation sites (N-methyl/N-ethyl adjacent to an activating group) is 1. The molecule has 37 heavy (non-hydrogen) atoms. The first-order valence-corrected chi connectivity index (χ1v) is 13.1. The number of aromatic nitrogens is 5. The van der Waals surface area contributed by atoms with E-state index in [0.29, 0.717) is 11.9 Å². The molecule has 0 aromatic carbocycles. The number of nitrogens with one attached hydrogen (secondary N) is 1. The third kappa shape index (κ3) is 4.76. The van der Waals surface area contributed by atoms with Crippen LogP contribution < -0.4 is 9.64 Å². The molecule has 1 N–H and O–H groups in total. The Bertz CT molecular complexity index is 1390. The number of piperazine rings is 1. The molecule has 0 atom stereocenters. The Morgan fingerprint density at radius 3 is 2.49 bits per heavy atom. The Labute approximate surface area is 217 Å². The zero-order chi connectivity index (χ0) is 25.4. The van der Waals surface area contributed by atoms with E-state index in [9.17, 15) is 0 Å². The van der Waals surface area contributed by atoms with E-state index < -0.39 is 0 Å². The van der Waals surface area contributed by atoms with Gasteiger partial charge in [0, 0.05) is 51.0 Å². The summed E-state index contributed by atoms with van der Waals surface area (Å²) in [6.07, 6.45) is 4.36. The van der Waals surface area contributed by atoms with Gasteiger partial charge in [0.2, 0.25) is 5.88 Å². The molecule has 6 rings (SSSR count). The monoisotopic (exact) mass is 498 g/mol. The summed E-state index contributed by atoms with van der Waals surface area (Å²) in [7, 11) is 3.85. The van der Waals surface area contributed by atoms with Crippen molar-refractivity contribution in [1.29, 1.82) is 0 Å². The number of aromatic amines is 1. The van der Waals surface area contributed by atoms with Crippen molar-refractivity contribution in [1.82, 2.24) is 34.9 Å². The molecule has 9 nitrogen and oxygen atoms in total. The zero-order valence-corrected chi connectivity index (χ0v) is 21.8. The highest BCUT2D eigenvalue weighted by Gasteiger charge is 2.27. The molecule has 2 fully saturated rings. The number of hydrogen-bond donors (Lipinski definition) is 1. The van der Waals surface area contributed by atoms with E-state index in [1.165, 1.54) is 39.0 Å². The van der Waals surface area contributed by atoms with Crippen LogP contribution >= 0.6 is 0 Å². The van der Waals surface area contributed by atoms with Gasteiger partial charge in [0.05, 0.1) is 47.0 Å². The first-order valence-electron chi connectivity index (χ1n) is 13.1. The molecule has 192 valence electrons. The molecular weight excluding hydrogens is 464 g/mol. The average Bonchev–Trinajstić information content (AvgIpc) is 3.37. The van der Waals surface area contributed by atoms with Crippen molar-refractivity contribution >= 4 is 16.7 Å². The molecule has 0 bridgehead atoms. The first kappa shape index (κ1) is 23.8. The molecule has 0 unspecified atom stereocenters. The van der Waals surface area contributed by atoms with Gasteiger partial charge in [-0.2, -0.15) is 5.10 Å². The predicted octanol–water partition coefficient (Wildman–Crippen LogP) is 3.62. The summed E-state index contributed by atoms with van der Waals surface area (Å²) < 4.78 is 5.61. The van der Waals surface area contributed by atoms with Crippen molar-refractivity contribution < 1.29 is 4.74 Å². The summed E-state index contributed by atoms with van der Waals surface area (Å²) in [6, 6.07) is 12.8. The number of methoxy groups -OCH3 is 1. The maximum atomic E-state index is 5.61. The maximum Gasteiger partial charge on any atom is 0.219 e. The van der Waals surface area contributed by atoms with Crippen molar-refractivity contribution in [3.63, 3.8) is 0 Å². The number of rotatable bonds is 5. The Hall–Kier alpha value is -3.56. The van der Waals surface area contributed by atoms with Gasteiger partial charge in [0.15, 0.2) is 0 Å².